The van der Waals surface area contributed by atoms with Crippen molar-refractivity contribution >= 4 is 0 Å². The third kappa shape index (κ3) is 3.11. The molecule has 2 rings (SSSR count). The highest BCUT2D eigenvalue weighted by atomic mass is 16.5. The van der Waals surface area contributed by atoms with Gasteiger partial charge in [-0.3, -0.25) is 0 Å². The highest BCUT2D eigenvalue weighted by Gasteiger charge is 2.17. The Balaban J connectivity index is 2.53. The summed E-state index contributed by atoms with van der Waals surface area (Å²) in [6.45, 7) is 10.5. The fraction of sp³-hybridized carbons (Fsp3) is 0.400. The zero-order valence-corrected chi connectivity index (χ0v) is 14.2. The first kappa shape index (κ1) is 16.4. The van der Waals surface area contributed by atoms with E-state index < -0.39 is 0 Å². The first-order chi connectivity index (χ1) is 10.5. The molecule has 0 atom stereocenters. The molecule has 2 heteroatoms. The molecular weight excluding hydrogens is 272 g/mol. The topological polar surface area (TPSA) is 29.5 Å². The fourth-order valence-electron chi connectivity index (χ4n) is 2.83. The molecule has 0 aliphatic rings. The van der Waals surface area contributed by atoms with Gasteiger partial charge in [0.2, 0.25) is 0 Å². The largest absolute Gasteiger partial charge is 0.507 e. The summed E-state index contributed by atoms with van der Waals surface area (Å²) in [6, 6.07) is 10.2. The third-order valence-electron chi connectivity index (χ3n) is 4.10. The molecule has 2 nitrogen and oxygen atoms in total. The lowest BCUT2D eigenvalue weighted by atomic mass is 9.99. The standard InChI is InChI=1S/C20H26O2/c1-6-15-12-14(5)20(16(7-2)19(15)21)22-18-11-9-8-10-17(18)13(3)4/h8-13,21H,6-7H2,1-5H3. The molecule has 1 N–H and O–H groups in total. The second kappa shape index (κ2) is 6.87. The number of para-hydroxylation sites is 1. The summed E-state index contributed by atoms with van der Waals surface area (Å²) in [7, 11) is 0. The molecule has 0 unspecified atom stereocenters. The van der Waals surface area contributed by atoms with Crippen molar-refractivity contribution < 1.29 is 9.84 Å². The van der Waals surface area contributed by atoms with Crippen LogP contribution in [0.3, 0.4) is 0 Å². The van der Waals surface area contributed by atoms with Gasteiger partial charge in [-0.2, -0.15) is 0 Å². The predicted octanol–water partition coefficient (Wildman–Crippen LogP) is 5.74. The summed E-state index contributed by atoms with van der Waals surface area (Å²) in [5.41, 5.74) is 4.14. The van der Waals surface area contributed by atoms with Crippen LogP contribution in [-0.2, 0) is 12.8 Å². The van der Waals surface area contributed by atoms with E-state index in [-0.39, 0.29) is 0 Å². The van der Waals surface area contributed by atoms with Crippen molar-refractivity contribution in [2.45, 2.75) is 53.4 Å². The molecule has 0 spiro atoms. The normalized spacial score (nSPS) is 11.0. The number of aryl methyl sites for hydroxylation is 2. The molecule has 0 heterocycles. The van der Waals surface area contributed by atoms with Crippen LogP contribution in [0.2, 0.25) is 0 Å². The van der Waals surface area contributed by atoms with E-state index in [1.54, 1.807) is 0 Å². The van der Waals surface area contributed by atoms with Crippen molar-refractivity contribution in [2.75, 3.05) is 0 Å². The molecule has 0 bridgehead atoms. The molecule has 0 aliphatic carbocycles. The van der Waals surface area contributed by atoms with E-state index in [1.165, 1.54) is 5.56 Å². The molecular formula is C20H26O2. The minimum atomic E-state index is 0.382. The van der Waals surface area contributed by atoms with Crippen molar-refractivity contribution in [3.8, 4) is 17.2 Å². The third-order valence-corrected chi connectivity index (χ3v) is 4.10. The molecule has 0 radical (unpaired) electrons. The van der Waals surface area contributed by atoms with Gasteiger partial charge in [0.15, 0.2) is 0 Å². The smallest absolute Gasteiger partial charge is 0.137 e. The van der Waals surface area contributed by atoms with E-state index in [2.05, 4.69) is 33.8 Å². The predicted molar refractivity (Wildman–Crippen MR) is 92.2 cm³/mol. The molecule has 0 saturated carbocycles. The highest BCUT2D eigenvalue weighted by Crippen LogP contribution is 2.39. The highest BCUT2D eigenvalue weighted by molar-refractivity contribution is 5.55. The lowest BCUT2D eigenvalue weighted by molar-refractivity contribution is 0.434. The van der Waals surface area contributed by atoms with Gasteiger partial charge in [-0.15, -0.1) is 0 Å². The average Bonchev–Trinajstić information content (AvgIpc) is 2.51. The number of phenolic OH excluding ortho intramolecular Hbond substituents is 1. The molecule has 22 heavy (non-hydrogen) atoms. The lowest BCUT2D eigenvalue weighted by Crippen LogP contribution is -2.00. The van der Waals surface area contributed by atoms with Gasteiger partial charge in [0.05, 0.1) is 0 Å². The van der Waals surface area contributed by atoms with Crippen LogP contribution in [0.1, 0.15) is 55.9 Å². The summed E-state index contributed by atoms with van der Waals surface area (Å²) >= 11 is 0. The van der Waals surface area contributed by atoms with Crippen molar-refractivity contribution in [2.24, 2.45) is 0 Å². The Morgan fingerprint density at radius 2 is 1.77 bits per heavy atom. The van der Waals surface area contributed by atoms with Gasteiger partial charge in [0.25, 0.3) is 0 Å². The minimum absolute atomic E-state index is 0.382. The molecule has 118 valence electrons. The maximum Gasteiger partial charge on any atom is 0.137 e. The minimum Gasteiger partial charge on any atom is -0.507 e. The van der Waals surface area contributed by atoms with Crippen LogP contribution >= 0.6 is 0 Å². The molecule has 0 aromatic heterocycles. The van der Waals surface area contributed by atoms with Crippen LogP contribution in [0.4, 0.5) is 0 Å². The van der Waals surface area contributed by atoms with E-state index >= 15 is 0 Å². The fourth-order valence-corrected chi connectivity index (χ4v) is 2.83. The zero-order chi connectivity index (χ0) is 16.3. The Morgan fingerprint density at radius 3 is 2.36 bits per heavy atom. The Morgan fingerprint density at radius 1 is 1.09 bits per heavy atom. The Hall–Kier alpha value is -1.96. The summed E-state index contributed by atoms with van der Waals surface area (Å²) in [6.07, 6.45) is 1.57. The van der Waals surface area contributed by atoms with Gasteiger partial charge in [0, 0.05) is 5.56 Å². The number of hydrogen-bond acceptors (Lipinski definition) is 2. The van der Waals surface area contributed by atoms with E-state index in [0.717, 1.165) is 41.0 Å². The first-order valence-corrected chi connectivity index (χ1v) is 8.10. The molecule has 0 amide bonds. The monoisotopic (exact) mass is 298 g/mol. The number of phenols is 1. The van der Waals surface area contributed by atoms with Gasteiger partial charge in [-0.05, 0) is 54.5 Å². The van der Waals surface area contributed by atoms with Crippen LogP contribution in [0.5, 0.6) is 17.2 Å². The Bertz CT molecular complexity index is 657. The molecule has 0 fully saturated rings. The van der Waals surface area contributed by atoms with Crippen molar-refractivity contribution in [3.63, 3.8) is 0 Å². The van der Waals surface area contributed by atoms with Gasteiger partial charge in [-0.25, -0.2) is 0 Å². The number of rotatable bonds is 5. The van der Waals surface area contributed by atoms with Crippen LogP contribution in [0.25, 0.3) is 0 Å². The van der Waals surface area contributed by atoms with Gasteiger partial charge < -0.3 is 9.84 Å². The van der Waals surface area contributed by atoms with E-state index in [4.69, 9.17) is 4.74 Å². The average molecular weight is 298 g/mol. The van der Waals surface area contributed by atoms with Crippen molar-refractivity contribution in [1.29, 1.82) is 0 Å². The zero-order valence-electron chi connectivity index (χ0n) is 14.2. The number of hydrogen-bond donors (Lipinski definition) is 1. The summed E-state index contributed by atoms with van der Waals surface area (Å²) in [5, 5.41) is 10.5. The molecule has 0 aliphatic heterocycles. The summed E-state index contributed by atoms with van der Waals surface area (Å²) in [4.78, 5) is 0. The summed E-state index contributed by atoms with van der Waals surface area (Å²) in [5.74, 6) is 2.45. The SMILES string of the molecule is CCc1cc(C)c(Oc2ccccc2C(C)C)c(CC)c1O. The molecule has 2 aromatic carbocycles. The van der Waals surface area contributed by atoms with Crippen LogP contribution < -0.4 is 4.74 Å². The second-order valence-electron chi connectivity index (χ2n) is 6.01. The summed E-state index contributed by atoms with van der Waals surface area (Å²) < 4.78 is 6.24. The maximum atomic E-state index is 10.5. The number of benzene rings is 2. The van der Waals surface area contributed by atoms with Crippen molar-refractivity contribution in [1.82, 2.24) is 0 Å². The van der Waals surface area contributed by atoms with E-state index in [9.17, 15) is 5.11 Å². The second-order valence-corrected chi connectivity index (χ2v) is 6.01. The van der Waals surface area contributed by atoms with Gasteiger partial charge >= 0.3 is 0 Å². The van der Waals surface area contributed by atoms with Gasteiger partial charge in [0.1, 0.15) is 17.2 Å². The first-order valence-electron chi connectivity index (χ1n) is 8.10. The van der Waals surface area contributed by atoms with Crippen LogP contribution in [0, 0.1) is 6.92 Å². The van der Waals surface area contributed by atoms with E-state index in [0.29, 0.717) is 11.7 Å². The lowest BCUT2D eigenvalue weighted by Gasteiger charge is -2.19. The van der Waals surface area contributed by atoms with Crippen LogP contribution in [0.15, 0.2) is 30.3 Å². The quantitative estimate of drug-likeness (QED) is 0.762. The molecule has 0 saturated heterocycles. The van der Waals surface area contributed by atoms with Crippen molar-refractivity contribution in [3.05, 3.63) is 52.6 Å². The molecule has 2 aromatic rings. The Labute approximate surface area is 133 Å². The number of ether oxygens (including phenoxy) is 1. The van der Waals surface area contributed by atoms with E-state index in [1.807, 2.05) is 31.2 Å². The number of aromatic hydroxyl groups is 1. The Kier molecular flexibility index (Phi) is 5.12. The maximum absolute atomic E-state index is 10.5. The van der Waals surface area contributed by atoms with Gasteiger partial charge in [-0.1, -0.05) is 45.9 Å². The van der Waals surface area contributed by atoms with Crippen LogP contribution in [-0.4, -0.2) is 5.11 Å².